The Morgan fingerprint density at radius 1 is 1.17 bits per heavy atom. The van der Waals surface area contributed by atoms with Crippen molar-refractivity contribution in [3.63, 3.8) is 0 Å². The summed E-state index contributed by atoms with van der Waals surface area (Å²) in [6.45, 7) is 5.02. The molecule has 2 bridgehead atoms. The van der Waals surface area contributed by atoms with Crippen molar-refractivity contribution in [1.29, 1.82) is 0 Å². The van der Waals surface area contributed by atoms with Gasteiger partial charge in [0.1, 0.15) is 12.2 Å². The number of carbonyl (C=O) groups excluding carboxylic acids is 2. The lowest BCUT2D eigenvalue weighted by Crippen LogP contribution is -2.60. The molecule has 0 saturated heterocycles. The van der Waals surface area contributed by atoms with Gasteiger partial charge in [-0.1, -0.05) is 20.3 Å². The van der Waals surface area contributed by atoms with Crippen LogP contribution in [0.2, 0.25) is 0 Å². The average molecular weight is 697 g/mol. The molecule has 0 spiro atoms. The number of benzene rings is 1. The SMILES string of the molecule is COc1cc(CO)cc(I)c1O[C@H]1C=C(C(=O)NCCO)C[C@@H](N(C[C@@H]2CC[C@H]3C[C@@H]2C3(C)C)C(=O)C2CCC2)[C@@H]1O. The number of aliphatic hydroxyl groups is 3. The van der Waals surface area contributed by atoms with Gasteiger partial charge in [-0.2, -0.15) is 0 Å². The number of carbonyl (C=O) groups is 2. The molecule has 0 aliphatic heterocycles. The van der Waals surface area contributed by atoms with E-state index >= 15 is 0 Å². The van der Waals surface area contributed by atoms with Crippen LogP contribution < -0.4 is 14.8 Å². The van der Waals surface area contributed by atoms with Crippen molar-refractivity contribution >= 4 is 34.4 Å². The van der Waals surface area contributed by atoms with Crippen LogP contribution >= 0.6 is 22.6 Å². The summed E-state index contributed by atoms with van der Waals surface area (Å²) in [5.74, 6) is 2.12. The zero-order valence-corrected chi connectivity index (χ0v) is 27.0. The summed E-state index contributed by atoms with van der Waals surface area (Å²) >= 11 is 2.11. The number of hydrogen-bond donors (Lipinski definition) is 4. The quantitative estimate of drug-likeness (QED) is 0.261. The van der Waals surface area contributed by atoms with Crippen molar-refractivity contribution in [2.75, 3.05) is 26.8 Å². The van der Waals surface area contributed by atoms with Gasteiger partial charge in [0.05, 0.1) is 29.9 Å². The molecule has 232 valence electrons. The third kappa shape index (κ3) is 6.05. The standard InChI is InChI=1S/C32H45IN2O7/c1-32(2)22-8-7-20(23(32)15-22)16-35(31(40)19-5-4-6-19)25-13-21(30(39)34-9-10-36)14-26(28(25)38)42-29-24(33)11-18(17-37)12-27(29)41-3/h11-12,14,19-20,22-23,25-26,28,36-38H,4-10,13,15-17H2,1-3H3,(H,34,39)/t20-,22-,23-,25+,26-,28-/m0/s1. The smallest absolute Gasteiger partial charge is 0.247 e. The lowest BCUT2D eigenvalue weighted by molar-refractivity contribution is -0.154. The minimum Gasteiger partial charge on any atom is -0.493 e. The molecule has 1 aromatic rings. The minimum atomic E-state index is -1.08. The number of aliphatic hydroxyl groups excluding tert-OH is 3. The molecule has 10 heteroatoms. The predicted molar refractivity (Wildman–Crippen MR) is 166 cm³/mol. The summed E-state index contributed by atoms with van der Waals surface area (Å²) in [6, 6.07) is 2.84. The molecule has 5 aliphatic rings. The molecule has 0 radical (unpaired) electrons. The largest absolute Gasteiger partial charge is 0.493 e. The number of ether oxygens (including phenoxy) is 2. The van der Waals surface area contributed by atoms with E-state index in [1.165, 1.54) is 13.5 Å². The Morgan fingerprint density at radius 2 is 1.93 bits per heavy atom. The topological polar surface area (TPSA) is 129 Å². The number of nitrogens with one attached hydrogen (secondary N) is 1. The van der Waals surface area contributed by atoms with Crippen molar-refractivity contribution in [2.24, 2.45) is 29.1 Å². The van der Waals surface area contributed by atoms with E-state index in [1.54, 1.807) is 18.2 Å². The maximum Gasteiger partial charge on any atom is 0.247 e. The van der Waals surface area contributed by atoms with E-state index in [2.05, 4.69) is 41.8 Å². The summed E-state index contributed by atoms with van der Waals surface area (Å²) in [7, 11) is 1.51. The molecule has 0 heterocycles. The van der Waals surface area contributed by atoms with Crippen molar-refractivity contribution in [3.8, 4) is 11.5 Å². The van der Waals surface area contributed by atoms with Crippen molar-refractivity contribution in [3.05, 3.63) is 32.9 Å². The van der Waals surface area contributed by atoms with Crippen LogP contribution in [0.3, 0.4) is 0 Å². The monoisotopic (exact) mass is 696 g/mol. The predicted octanol–water partition coefficient (Wildman–Crippen LogP) is 3.41. The summed E-state index contributed by atoms with van der Waals surface area (Å²) < 4.78 is 12.7. The van der Waals surface area contributed by atoms with Crippen LogP contribution in [0.25, 0.3) is 0 Å². The van der Waals surface area contributed by atoms with Gasteiger partial charge in [0, 0.05) is 31.0 Å². The highest BCUT2D eigenvalue weighted by atomic mass is 127. The van der Waals surface area contributed by atoms with E-state index in [0.717, 1.165) is 38.0 Å². The maximum atomic E-state index is 14.0. The van der Waals surface area contributed by atoms with E-state index in [4.69, 9.17) is 9.47 Å². The van der Waals surface area contributed by atoms with Crippen LogP contribution in [0.15, 0.2) is 23.8 Å². The second-order valence-electron chi connectivity index (χ2n) is 13.1. The summed E-state index contributed by atoms with van der Waals surface area (Å²) in [5.41, 5.74) is 1.34. The highest BCUT2D eigenvalue weighted by Crippen LogP contribution is 2.61. The lowest BCUT2D eigenvalue weighted by atomic mass is 9.45. The van der Waals surface area contributed by atoms with Crippen LogP contribution in [0.5, 0.6) is 11.5 Å². The number of halogens is 1. The fourth-order valence-electron chi connectivity index (χ4n) is 7.61. The third-order valence-electron chi connectivity index (χ3n) is 10.5. The fraction of sp³-hybridized carbons (Fsp3) is 0.688. The molecule has 5 aliphatic carbocycles. The first-order valence-electron chi connectivity index (χ1n) is 15.3. The number of nitrogens with zero attached hydrogens (tertiary/aromatic N) is 1. The van der Waals surface area contributed by atoms with Crippen LogP contribution in [0, 0.1) is 32.7 Å². The molecule has 6 atom stereocenters. The lowest BCUT2D eigenvalue weighted by Gasteiger charge is -2.61. The van der Waals surface area contributed by atoms with Gasteiger partial charge in [-0.3, -0.25) is 9.59 Å². The zero-order valence-electron chi connectivity index (χ0n) is 24.9. The third-order valence-corrected chi connectivity index (χ3v) is 11.3. The number of rotatable bonds is 11. The molecular formula is C32H45IN2O7. The number of fused-ring (bicyclic) bond motifs is 2. The van der Waals surface area contributed by atoms with Gasteiger partial charge in [-0.05, 0) is 102 Å². The Hall–Kier alpha value is -1.89. The van der Waals surface area contributed by atoms with Crippen molar-refractivity contribution in [1.82, 2.24) is 10.2 Å². The molecule has 0 aromatic heterocycles. The van der Waals surface area contributed by atoms with Gasteiger partial charge in [0.25, 0.3) is 0 Å². The molecule has 6 rings (SSSR count). The van der Waals surface area contributed by atoms with Gasteiger partial charge in [0.2, 0.25) is 11.8 Å². The first-order valence-corrected chi connectivity index (χ1v) is 16.4. The Morgan fingerprint density at radius 3 is 2.52 bits per heavy atom. The molecule has 42 heavy (non-hydrogen) atoms. The van der Waals surface area contributed by atoms with E-state index in [-0.39, 0.29) is 49.3 Å². The number of hydrogen-bond acceptors (Lipinski definition) is 7. The molecule has 4 N–H and O–H groups in total. The van der Waals surface area contributed by atoms with Crippen LogP contribution in [-0.4, -0.2) is 77.1 Å². The maximum absolute atomic E-state index is 14.0. The molecule has 4 fully saturated rings. The fourth-order valence-corrected chi connectivity index (χ4v) is 8.40. The van der Waals surface area contributed by atoms with E-state index in [0.29, 0.717) is 44.6 Å². The summed E-state index contributed by atoms with van der Waals surface area (Å²) in [5, 5.41) is 33.6. The Kier molecular flexibility index (Phi) is 9.76. The minimum absolute atomic E-state index is 0.0491. The first kappa shape index (κ1) is 31.5. The molecule has 0 unspecified atom stereocenters. The highest BCUT2D eigenvalue weighted by Gasteiger charge is 2.55. The Balaban J connectivity index is 1.48. The second-order valence-corrected chi connectivity index (χ2v) is 14.3. The van der Waals surface area contributed by atoms with Gasteiger partial charge < -0.3 is 35.0 Å². The van der Waals surface area contributed by atoms with Gasteiger partial charge in [-0.15, -0.1) is 0 Å². The molecule has 4 saturated carbocycles. The molecule has 1 aromatic carbocycles. The normalized spacial score (nSPS) is 29.9. The van der Waals surface area contributed by atoms with E-state index in [1.807, 2.05) is 4.90 Å². The highest BCUT2D eigenvalue weighted by molar-refractivity contribution is 14.1. The van der Waals surface area contributed by atoms with Gasteiger partial charge in [0.15, 0.2) is 11.5 Å². The van der Waals surface area contributed by atoms with Crippen molar-refractivity contribution in [2.45, 2.75) is 83.6 Å². The Bertz CT molecular complexity index is 1200. The van der Waals surface area contributed by atoms with Crippen LogP contribution in [0.4, 0.5) is 0 Å². The number of amides is 2. The zero-order chi connectivity index (χ0) is 30.2. The van der Waals surface area contributed by atoms with E-state index in [9.17, 15) is 24.9 Å². The van der Waals surface area contributed by atoms with Gasteiger partial charge >= 0.3 is 0 Å². The molecule has 9 nitrogen and oxygen atoms in total. The molecule has 2 amide bonds. The Labute approximate surface area is 262 Å². The summed E-state index contributed by atoms with van der Waals surface area (Å²) in [4.78, 5) is 29.2. The summed E-state index contributed by atoms with van der Waals surface area (Å²) in [6.07, 6.45) is 6.00. The van der Waals surface area contributed by atoms with Crippen LogP contribution in [-0.2, 0) is 16.2 Å². The second kappa shape index (κ2) is 13.0. The van der Waals surface area contributed by atoms with Gasteiger partial charge in [-0.25, -0.2) is 0 Å². The van der Waals surface area contributed by atoms with Crippen molar-refractivity contribution < 1.29 is 34.4 Å². The van der Waals surface area contributed by atoms with Crippen LogP contribution in [0.1, 0.15) is 64.4 Å². The first-order chi connectivity index (χ1) is 20.1. The van der Waals surface area contributed by atoms with E-state index < -0.39 is 18.2 Å². The molecular weight excluding hydrogens is 651 g/mol. The number of methoxy groups -OCH3 is 1. The average Bonchev–Trinajstić information content (AvgIpc) is 2.95.